The molecule has 400 valence electrons. The third-order valence-corrected chi connectivity index (χ3v) is 17.9. The van der Waals surface area contributed by atoms with Gasteiger partial charge in [0.05, 0.1) is 34.2 Å². The monoisotopic (exact) mass is 1030 g/mol. The summed E-state index contributed by atoms with van der Waals surface area (Å²) in [6.45, 7) is 8.03. The smallest absolute Gasteiger partial charge is 0.317 e. The van der Waals surface area contributed by atoms with Crippen molar-refractivity contribution in [1.29, 1.82) is 0 Å². The molecule has 6 amide bonds. The molecule has 6 aromatic rings. The average Bonchev–Trinajstić information content (AvgIpc) is 4.26. The van der Waals surface area contributed by atoms with Crippen molar-refractivity contribution in [3.63, 3.8) is 0 Å². The van der Waals surface area contributed by atoms with E-state index in [1.165, 1.54) is 56.0 Å². The van der Waals surface area contributed by atoms with Crippen LogP contribution in [0.25, 0.3) is 44.3 Å². The molecule has 2 aromatic heterocycles. The fraction of sp³-hybridized carbons (Fsp3) is 0.516. The normalized spacial score (nSPS) is 23.1. The Morgan fingerprint density at radius 3 is 1.34 bits per heavy atom. The van der Waals surface area contributed by atoms with Gasteiger partial charge in [0.1, 0.15) is 23.7 Å². The number of imidazole rings is 2. The Bertz CT molecular complexity index is 2960. The number of likely N-dealkylation sites (tertiary alicyclic amines) is 2. The van der Waals surface area contributed by atoms with Crippen molar-refractivity contribution in [2.75, 3.05) is 28.2 Å². The van der Waals surface area contributed by atoms with E-state index in [9.17, 15) is 19.2 Å². The molecule has 4 bridgehead atoms. The number of amides is 6. The van der Waals surface area contributed by atoms with Crippen LogP contribution < -0.4 is 10.6 Å². The minimum atomic E-state index is -0.626. The van der Waals surface area contributed by atoms with E-state index in [1.54, 1.807) is 28.2 Å². The van der Waals surface area contributed by atoms with Gasteiger partial charge in [0.2, 0.25) is 11.8 Å². The topological polar surface area (TPSA) is 163 Å². The Balaban J connectivity index is 0.846. The van der Waals surface area contributed by atoms with E-state index in [-0.39, 0.29) is 59.9 Å². The number of carbonyl (C=O) groups excluding carboxylic acids is 4. The molecule has 8 unspecified atom stereocenters. The van der Waals surface area contributed by atoms with Crippen molar-refractivity contribution in [3.8, 4) is 22.3 Å². The van der Waals surface area contributed by atoms with Crippen LogP contribution in [0.4, 0.5) is 9.59 Å². The van der Waals surface area contributed by atoms with Gasteiger partial charge in [-0.1, -0.05) is 102 Å². The summed E-state index contributed by atoms with van der Waals surface area (Å²) in [5.74, 6) is 2.31. The number of fused-ring (bicyclic) bond motifs is 4. The molecule has 0 radical (unpaired) electrons. The first kappa shape index (κ1) is 51.4. The van der Waals surface area contributed by atoms with Crippen LogP contribution in [0.5, 0.6) is 0 Å². The van der Waals surface area contributed by atoms with Crippen LogP contribution in [0, 0.1) is 23.7 Å². The number of carbonyl (C=O) groups is 4. The summed E-state index contributed by atoms with van der Waals surface area (Å²) in [7, 11) is 6.83. The molecule has 14 rings (SSSR count). The van der Waals surface area contributed by atoms with Gasteiger partial charge in [-0.05, 0) is 157 Å². The van der Waals surface area contributed by atoms with Gasteiger partial charge in [-0.3, -0.25) is 9.59 Å². The summed E-state index contributed by atoms with van der Waals surface area (Å²) in [5, 5.41) is 6.08. The molecule has 4 fully saturated rings. The molecule has 76 heavy (non-hydrogen) atoms. The fourth-order valence-corrected chi connectivity index (χ4v) is 13.7. The summed E-state index contributed by atoms with van der Waals surface area (Å²) < 4.78 is 0. The molecule has 4 heterocycles. The number of aromatic nitrogens is 4. The number of nitrogens with one attached hydrogen (secondary N) is 4. The number of rotatable bonds is 10. The highest BCUT2D eigenvalue weighted by Crippen LogP contribution is 2.48. The molecule has 14 heteroatoms. The number of H-pyrrole nitrogens is 2. The summed E-state index contributed by atoms with van der Waals surface area (Å²) in [6, 6.07) is 25.3. The van der Waals surface area contributed by atoms with Crippen molar-refractivity contribution in [1.82, 2.24) is 50.2 Å². The first-order valence-electron chi connectivity index (χ1n) is 28.4. The number of aryl methyl sites for hydroxylation is 4. The number of nitrogens with zero attached hydrogens (tertiary/aromatic N) is 6. The average molecular weight is 1030 g/mol. The second-order valence-electron chi connectivity index (χ2n) is 24.0. The minimum Gasteiger partial charge on any atom is -0.340 e. The van der Waals surface area contributed by atoms with E-state index >= 15 is 0 Å². The number of hydrogen-bond acceptors (Lipinski definition) is 6. The van der Waals surface area contributed by atoms with Crippen molar-refractivity contribution >= 4 is 45.9 Å². The summed E-state index contributed by atoms with van der Waals surface area (Å²) in [4.78, 5) is 80.1. The van der Waals surface area contributed by atoms with Crippen LogP contribution in [0.1, 0.15) is 138 Å². The Kier molecular flexibility index (Phi) is 14.2. The lowest BCUT2D eigenvalue weighted by molar-refractivity contribution is -0.139. The maximum absolute atomic E-state index is 14.6. The maximum Gasteiger partial charge on any atom is 0.317 e. The van der Waals surface area contributed by atoms with Gasteiger partial charge in [-0.25, -0.2) is 19.6 Å². The molecule has 2 saturated heterocycles. The van der Waals surface area contributed by atoms with Crippen LogP contribution in [0.15, 0.2) is 72.8 Å². The van der Waals surface area contributed by atoms with Gasteiger partial charge in [-0.15, -0.1) is 0 Å². The molecule has 2 aliphatic heterocycles. The van der Waals surface area contributed by atoms with Gasteiger partial charge in [0, 0.05) is 40.3 Å². The van der Waals surface area contributed by atoms with Gasteiger partial charge in [-0.2, -0.15) is 0 Å². The van der Waals surface area contributed by atoms with Crippen molar-refractivity contribution in [2.24, 2.45) is 23.7 Å². The minimum absolute atomic E-state index is 0.0147. The molecule has 6 aliphatic carbocycles. The summed E-state index contributed by atoms with van der Waals surface area (Å²) in [6.07, 6.45) is 14.0. The van der Waals surface area contributed by atoms with Crippen molar-refractivity contribution in [3.05, 3.63) is 107 Å². The first-order valence-corrected chi connectivity index (χ1v) is 28.4. The molecular formula is C62H78N10O4. The van der Waals surface area contributed by atoms with Crippen LogP contribution >= 0.6 is 0 Å². The Morgan fingerprint density at radius 1 is 0.539 bits per heavy atom. The third-order valence-electron chi connectivity index (χ3n) is 17.9. The SMILES string of the molecule is CC(C)C(NC(=O)N(C)C)C(=O)N1C(c2nc3ccc(-c4cc5ccc4CCc4ccc(c(-c6ccc7nc(C8CC9CCCCC9N8C(=O)C(NC(=O)N(C)C)C(C)C)[nH]c7c6)c4)CC5)cc3[nH]2)CC2CCCCC21. The number of benzene rings is 4. The zero-order valence-electron chi connectivity index (χ0n) is 45.9. The fourth-order valence-electron chi connectivity index (χ4n) is 13.7. The lowest BCUT2D eigenvalue weighted by atomic mass is 9.84. The van der Waals surface area contributed by atoms with Gasteiger partial charge >= 0.3 is 12.1 Å². The quantitative estimate of drug-likeness (QED) is 0.107. The van der Waals surface area contributed by atoms with Crippen molar-refractivity contribution in [2.45, 2.75) is 154 Å². The summed E-state index contributed by atoms with van der Waals surface area (Å²) >= 11 is 0. The van der Waals surface area contributed by atoms with E-state index < -0.39 is 12.1 Å². The lowest BCUT2D eigenvalue weighted by Crippen LogP contribution is -2.55. The number of hydrogen-bond donors (Lipinski definition) is 4. The van der Waals surface area contributed by atoms with E-state index in [2.05, 4.69) is 103 Å². The highest BCUT2D eigenvalue weighted by atomic mass is 16.2. The maximum atomic E-state index is 14.6. The highest BCUT2D eigenvalue weighted by Gasteiger charge is 2.50. The Morgan fingerprint density at radius 2 is 0.947 bits per heavy atom. The van der Waals surface area contributed by atoms with Gasteiger partial charge in [0.25, 0.3) is 0 Å². The Labute approximate surface area is 448 Å². The van der Waals surface area contributed by atoms with E-state index in [1.807, 2.05) is 27.7 Å². The number of aromatic amines is 2. The second kappa shape index (κ2) is 21.0. The molecular weight excluding hydrogens is 949 g/mol. The predicted molar refractivity (Wildman–Crippen MR) is 299 cm³/mol. The zero-order chi connectivity index (χ0) is 53.1. The molecule has 14 nitrogen and oxygen atoms in total. The second-order valence-corrected chi connectivity index (χ2v) is 24.0. The van der Waals surface area contributed by atoms with Gasteiger partial charge < -0.3 is 40.2 Å². The highest BCUT2D eigenvalue weighted by molar-refractivity contribution is 5.90. The van der Waals surface area contributed by atoms with Crippen molar-refractivity contribution < 1.29 is 19.2 Å². The number of urea groups is 2. The third kappa shape index (κ3) is 9.85. The standard InChI is InChI=1S/C62H78N10O4/c1-35(2)55(67-61(75)69(5)6)59(73)71-51-15-11-9-13-43(51)33-53(71)57-63-47-27-25-41(31-49(47)65-57)45-29-37-17-21-39(45)23-19-38-18-22-40(24-20-37)46(30-38)42-26-28-48-50(32-42)66-58(64-48)54-34-44-14-10-12-16-52(44)72(54)60(74)56(36(3)4)68-62(76)70(7)8/h17-18,21-22,25-32,35-36,43-44,51-56H,9-16,19-20,23-24,33-34H2,1-8H3,(H,63,65)(H,64,66)(H,67,75)(H,68,76). The lowest BCUT2D eigenvalue weighted by Gasteiger charge is -2.37. The first-order chi connectivity index (χ1) is 36.6. The van der Waals surface area contributed by atoms with E-state index in [4.69, 9.17) is 9.97 Å². The molecule has 8 atom stereocenters. The predicted octanol–water partition coefficient (Wildman–Crippen LogP) is 10.9. The van der Waals surface area contributed by atoms with E-state index in [0.29, 0.717) is 11.8 Å². The molecule has 8 aliphatic rings. The molecule has 2 saturated carbocycles. The van der Waals surface area contributed by atoms with Crippen LogP contribution in [0.2, 0.25) is 0 Å². The zero-order valence-corrected chi connectivity index (χ0v) is 45.9. The summed E-state index contributed by atoms with van der Waals surface area (Å²) in [5.41, 5.74) is 13.7. The molecule has 4 N–H and O–H groups in total. The van der Waals surface area contributed by atoms with Crippen LogP contribution in [0.3, 0.4) is 0 Å². The van der Waals surface area contributed by atoms with E-state index in [0.717, 1.165) is 122 Å². The molecule has 0 spiro atoms. The molecule has 4 aromatic carbocycles. The van der Waals surface area contributed by atoms with Crippen LogP contribution in [-0.4, -0.2) is 116 Å². The van der Waals surface area contributed by atoms with Crippen LogP contribution in [-0.2, 0) is 35.3 Å². The van der Waals surface area contributed by atoms with Gasteiger partial charge in [0.15, 0.2) is 0 Å². The largest absolute Gasteiger partial charge is 0.340 e. The Hall–Kier alpha value is -6.70.